The van der Waals surface area contributed by atoms with Crippen LogP contribution in [0.1, 0.15) is 5.56 Å². The first kappa shape index (κ1) is 11.7. The van der Waals surface area contributed by atoms with E-state index in [1.807, 2.05) is 17.0 Å². The highest BCUT2D eigenvalue weighted by Crippen LogP contribution is 2.30. The molecule has 2 saturated heterocycles. The second-order valence-electron chi connectivity index (χ2n) is 5.58. The highest BCUT2D eigenvalue weighted by atomic mass is 16.2. The smallest absolute Gasteiger partial charge is 0.227 e. The molecular formula is C14H19N3O. The molecule has 0 spiro atoms. The van der Waals surface area contributed by atoms with E-state index < -0.39 is 0 Å². The van der Waals surface area contributed by atoms with E-state index in [1.165, 1.54) is 0 Å². The van der Waals surface area contributed by atoms with Gasteiger partial charge in [0.15, 0.2) is 0 Å². The second kappa shape index (κ2) is 4.69. The molecule has 0 aromatic carbocycles. The predicted octanol–water partition coefficient (Wildman–Crippen LogP) is 0.644. The third kappa shape index (κ3) is 2.25. The van der Waals surface area contributed by atoms with Crippen LogP contribution in [0, 0.1) is 11.8 Å². The lowest BCUT2D eigenvalue weighted by atomic mass is 10.0. The molecule has 3 heterocycles. The van der Waals surface area contributed by atoms with Gasteiger partial charge >= 0.3 is 0 Å². The summed E-state index contributed by atoms with van der Waals surface area (Å²) in [6, 6.07) is 3.85. The molecular weight excluding hydrogens is 226 g/mol. The maximum atomic E-state index is 12.2. The van der Waals surface area contributed by atoms with Crippen LogP contribution in [0.3, 0.4) is 0 Å². The Morgan fingerprint density at radius 1 is 1.33 bits per heavy atom. The minimum absolute atomic E-state index is 0.250. The molecule has 1 aromatic rings. The molecule has 4 nitrogen and oxygen atoms in total. The molecule has 0 saturated carbocycles. The van der Waals surface area contributed by atoms with Crippen molar-refractivity contribution in [3.63, 3.8) is 0 Å². The van der Waals surface area contributed by atoms with Crippen molar-refractivity contribution in [1.82, 2.24) is 14.8 Å². The number of aromatic nitrogens is 1. The lowest BCUT2D eigenvalue weighted by Crippen LogP contribution is -2.33. The zero-order valence-electron chi connectivity index (χ0n) is 10.7. The lowest BCUT2D eigenvalue weighted by molar-refractivity contribution is -0.129. The normalized spacial score (nSPS) is 27.5. The number of amides is 1. The van der Waals surface area contributed by atoms with Crippen molar-refractivity contribution in [2.75, 3.05) is 33.2 Å². The molecule has 0 radical (unpaired) electrons. The van der Waals surface area contributed by atoms with E-state index in [9.17, 15) is 4.79 Å². The fourth-order valence-corrected chi connectivity index (χ4v) is 3.22. The van der Waals surface area contributed by atoms with Crippen LogP contribution in [0.5, 0.6) is 0 Å². The molecule has 1 aromatic heterocycles. The molecule has 2 aliphatic rings. The second-order valence-corrected chi connectivity index (χ2v) is 5.58. The molecule has 3 rings (SSSR count). The van der Waals surface area contributed by atoms with Crippen molar-refractivity contribution in [2.24, 2.45) is 11.8 Å². The van der Waals surface area contributed by atoms with Gasteiger partial charge in [-0.1, -0.05) is 6.07 Å². The van der Waals surface area contributed by atoms with Crippen molar-refractivity contribution >= 4 is 5.91 Å². The van der Waals surface area contributed by atoms with E-state index in [2.05, 4.69) is 16.9 Å². The SMILES string of the molecule is CN1CC2CN(C(=O)Cc3cccnc3)CC2C1. The number of hydrogen-bond acceptors (Lipinski definition) is 3. The van der Waals surface area contributed by atoms with Gasteiger partial charge in [0.05, 0.1) is 6.42 Å². The number of pyridine rings is 1. The van der Waals surface area contributed by atoms with Crippen LogP contribution in [0.2, 0.25) is 0 Å². The first-order valence-corrected chi connectivity index (χ1v) is 6.57. The third-order valence-electron chi connectivity index (χ3n) is 4.10. The molecule has 2 atom stereocenters. The lowest BCUT2D eigenvalue weighted by Gasteiger charge is -2.19. The molecule has 0 aliphatic carbocycles. The number of nitrogens with zero attached hydrogens (tertiary/aromatic N) is 3. The summed E-state index contributed by atoms with van der Waals surface area (Å²) in [5.41, 5.74) is 1.01. The van der Waals surface area contributed by atoms with Gasteiger partial charge in [0.2, 0.25) is 5.91 Å². The standard InChI is InChI=1S/C14H19N3O/c1-16-7-12-9-17(10-13(12)8-16)14(18)5-11-3-2-4-15-6-11/h2-4,6,12-13H,5,7-10H2,1H3. The fraction of sp³-hybridized carbons (Fsp3) is 0.571. The zero-order chi connectivity index (χ0) is 12.5. The predicted molar refractivity (Wildman–Crippen MR) is 69.0 cm³/mol. The summed E-state index contributed by atoms with van der Waals surface area (Å²) < 4.78 is 0. The Morgan fingerprint density at radius 3 is 2.67 bits per heavy atom. The maximum Gasteiger partial charge on any atom is 0.227 e. The van der Waals surface area contributed by atoms with Gasteiger partial charge in [-0.05, 0) is 30.5 Å². The van der Waals surface area contributed by atoms with E-state index in [4.69, 9.17) is 0 Å². The molecule has 2 unspecified atom stereocenters. The summed E-state index contributed by atoms with van der Waals surface area (Å²) in [7, 11) is 2.17. The summed E-state index contributed by atoms with van der Waals surface area (Å²) in [6.07, 6.45) is 4.01. The summed E-state index contributed by atoms with van der Waals surface area (Å²) in [4.78, 5) is 20.7. The van der Waals surface area contributed by atoms with Gasteiger partial charge in [0.25, 0.3) is 0 Å². The molecule has 96 valence electrons. The van der Waals surface area contributed by atoms with E-state index >= 15 is 0 Å². The summed E-state index contributed by atoms with van der Waals surface area (Å²) in [5, 5.41) is 0. The first-order valence-electron chi connectivity index (χ1n) is 6.57. The molecule has 0 N–H and O–H groups in total. The Labute approximate surface area is 108 Å². The van der Waals surface area contributed by atoms with Crippen molar-refractivity contribution in [1.29, 1.82) is 0 Å². The van der Waals surface area contributed by atoms with Gasteiger partial charge in [0, 0.05) is 38.6 Å². The largest absolute Gasteiger partial charge is 0.342 e. The van der Waals surface area contributed by atoms with Gasteiger partial charge in [-0.25, -0.2) is 0 Å². The number of fused-ring (bicyclic) bond motifs is 1. The van der Waals surface area contributed by atoms with Crippen LogP contribution in [-0.2, 0) is 11.2 Å². The van der Waals surface area contributed by atoms with E-state index in [0.717, 1.165) is 31.7 Å². The van der Waals surface area contributed by atoms with Crippen LogP contribution in [0.4, 0.5) is 0 Å². The molecule has 2 aliphatic heterocycles. The monoisotopic (exact) mass is 245 g/mol. The maximum absolute atomic E-state index is 12.2. The number of carbonyl (C=O) groups is 1. The fourth-order valence-electron chi connectivity index (χ4n) is 3.22. The quantitative estimate of drug-likeness (QED) is 0.767. The molecule has 1 amide bonds. The Kier molecular flexibility index (Phi) is 3.04. The minimum Gasteiger partial charge on any atom is -0.342 e. The Morgan fingerprint density at radius 2 is 2.06 bits per heavy atom. The zero-order valence-corrected chi connectivity index (χ0v) is 10.7. The van der Waals surface area contributed by atoms with Crippen molar-refractivity contribution in [2.45, 2.75) is 6.42 Å². The van der Waals surface area contributed by atoms with Crippen LogP contribution < -0.4 is 0 Å². The summed E-state index contributed by atoms with van der Waals surface area (Å²) in [5.74, 6) is 1.63. The topological polar surface area (TPSA) is 36.4 Å². The van der Waals surface area contributed by atoms with Gasteiger partial charge in [0.1, 0.15) is 0 Å². The van der Waals surface area contributed by atoms with Gasteiger partial charge < -0.3 is 9.80 Å². The van der Waals surface area contributed by atoms with Crippen LogP contribution in [0.15, 0.2) is 24.5 Å². The van der Waals surface area contributed by atoms with Crippen molar-refractivity contribution < 1.29 is 4.79 Å². The van der Waals surface area contributed by atoms with Gasteiger partial charge in [-0.2, -0.15) is 0 Å². The minimum atomic E-state index is 0.250. The molecule has 0 bridgehead atoms. The average molecular weight is 245 g/mol. The highest BCUT2D eigenvalue weighted by molar-refractivity contribution is 5.79. The average Bonchev–Trinajstić information content (AvgIpc) is 2.87. The Hall–Kier alpha value is -1.42. The number of hydrogen-bond donors (Lipinski definition) is 0. The van der Waals surface area contributed by atoms with Crippen molar-refractivity contribution in [3.8, 4) is 0 Å². The molecule has 4 heteroatoms. The van der Waals surface area contributed by atoms with E-state index in [0.29, 0.717) is 18.3 Å². The highest BCUT2D eigenvalue weighted by Gasteiger charge is 2.40. The van der Waals surface area contributed by atoms with Crippen molar-refractivity contribution in [3.05, 3.63) is 30.1 Å². The summed E-state index contributed by atoms with van der Waals surface area (Å²) >= 11 is 0. The molecule has 2 fully saturated rings. The third-order valence-corrected chi connectivity index (χ3v) is 4.10. The molecule has 18 heavy (non-hydrogen) atoms. The number of likely N-dealkylation sites (tertiary alicyclic amines) is 2. The van der Waals surface area contributed by atoms with Crippen LogP contribution >= 0.6 is 0 Å². The van der Waals surface area contributed by atoms with Crippen LogP contribution in [-0.4, -0.2) is 53.9 Å². The summed E-state index contributed by atoms with van der Waals surface area (Å²) in [6.45, 7) is 4.16. The van der Waals surface area contributed by atoms with E-state index in [1.54, 1.807) is 12.4 Å². The number of carbonyl (C=O) groups excluding carboxylic acids is 1. The van der Waals surface area contributed by atoms with Gasteiger partial charge in [-0.3, -0.25) is 9.78 Å². The van der Waals surface area contributed by atoms with Gasteiger partial charge in [-0.15, -0.1) is 0 Å². The first-order chi connectivity index (χ1) is 8.72. The Balaban J connectivity index is 1.59. The van der Waals surface area contributed by atoms with Crippen LogP contribution in [0.25, 0.3) is 0 Å². The Bertz CT molecular complexity index is 420. The number of rotatable bonds is 2. The van der Waals surface area contributed by atoms with E-state index in [-0.39, 0.29) is 5.91 Å².